The maximum absolute atomic E-state index is 13.0. The van der Waals surface area contributed by atoms with Crippen molar-refractivity contribution in [2.75, 3.05) is 16.6 Å². The van der Waals surface area contributed by atoms with Crippen molar-refractivity contribution in [2.45, 2.75) is 18.2 Å². The van der Waals surface area contributed by atoms with E-state index < -0.39 is 10.0 Å². The number of rotatable bonds is 6. The number of anilines is 2. The molecule has 138 valence electrons. The normalized spacial score (nSPS) is 11.7. The van der Waals surface area contributed by atoms with Gasteiger partial charge in [-0.1, -0.05) is 25.1 Å². The van der Waals surface area contributed by atoms with E-state index in [4.69, 9.17) is 0 Å². The van der Waals surface area contributed by atoms with Gasteiger partial charge in [-0.05, 0) is 30.7 Å². The fourth-order valence-electron chi connectivity index (χ4n) is 2.62. The lowest BCUT2D eigenvalue weighted by Crippen LogP contribution is -2.17. The van der Waals surface area contributed by atoms with Crippen LogP contribution in [0.15, 0.2) is 47.4 Å². The topological polar surface area (TPSA) is 110 Å². The summed E-state index contributed by atoms with van der Waals surface area (Å²) in [5.41, 5.74) is 2.17. The van der Waals surface area contributed by atoms with Gasteiger partial charge in [0.25, 0.3) is 10.0 Å². The second-order valence-corrected chi connectivity index (χ2v) is 8.01. The third-order valence-corrected chi connectivity index (χ3v) is 5.80. The van der Waals surface area contributed by atoms with Crippen LogP contribution in [0.1, 0.15) is 13.3 Å². The zero-order valence-corrected chi connectivity index (χ0v) is 16.0. The lowest BCUT2D eigenvalue weighted by atomic mass is 10.3. The molecule has 10 heteroatoms. The quantitative estimate of drug-likeness (QED) is 0.511. The number of nitrogens with one attached hydrogen (secondary N) is 2. The van der Waals surface area contributed by atoms with E-state index in [2.05, 4.69) is 28.8 Å². The third-order valence-electron chi connectivity index (χ3n) is 3.88. The minimum absolute atomic E-state index is 0.0603. The van der Waals surface area contributed by atoms with Gasteiger partial charge in [-0.15, -0.1) is 0 Å². The van der Waals surface area contributed by atoms with Crippen LogP contribution in [-0.4, -0.2) is 33.7 Å². The van der Waals surface area contributed by atoms with Crippen LogP contribution < -0.4 is 10.0 Å². The maximum Gasteiger partial charge on any atom is 0.265 e. The van der Waals surface area contributed by atoms with Crippen LogP contribution in [0.5, 0.6) is 0 Å². The molecule has 2 aromatic heterocycles. The van der Waals surface area contributed by atoms with E-state index in [1.807, 2.05) is 25.1 Å². The Bertz CT molecular complexity index is 1220. The zero-order chi connectivity index (χ0) is 18.9. The monoisotopic (exact) mass is 400 g/mol. The predicted molar refractivity (Wildman–Crippen MR) is 107 cm³/mol. The summed E-state index contributed by atoms with van der Waals surface area (Å²) >= 11 is 0.973. The fraction of sp³-hybridized carbons (Fsp3) is 0.176. The van der Waals surface area contributed by atoms with Crippen molar-refractivity contribution in [1.29, 1.82) is 0 Å². The molecule has 0 bridgehead atoms. The molecule has 8 nitrogen and oxygen atoms in total. The average Bonchev–Trinajstić information content (AvgIpc) is 3.14. The van der Waals surface area contributed by atoms with Gasteiger partial charge in [0.2, 0.25) is 0 Å². The van der Waals surface area contributed by atoms with Crippen molar-refractivity contribution in [3.8, 4) is 0 Å². The van der Waals surface area contributed by atoms with Crippen molar-refractivity contribution in [3.05, 3.63) is 42.5 Å². The Morgan fingerprint density at radius 2 is 1.63 bits per heavy atom. The number of para-hydroxylation sites is 2. The summed E-state index contributed by atoms with van der Waals surface area (Å²) in [6, 6.07) is 12.2. The molecule has 27 heavy (non-hydrogen) atoms. The number of aromatic nitrogens is 4. The minimum Gasteiger partial charge on any atom is -0.367 e. The van der Waals surface area contributed by atoms with Gasteiger partial charge >= 0.3 is 0 Å². The van der Waals surface area contributed by atoms with E-state index in [1.54, 1.807) is 18.2 Å². The van der Waals surface area contributed by atoms with Gasteiger partial charge < -0.3 is 5.32 Å². The van der Waals surface area contributed by atoms with Crippen LogP contribution in [0, 0.1) is 0 Å². The maximum atomic E-state index is 13.0. The van der Waals surface area contributed by atoms with Gasteiger partial charge in [0.15, 0.2) is 11.6 Å². The van der Waals surface area contributed by atoms with Crippen LogP contribution in [-0.2, 0) is 10.0 Å². The van der Waals surface area contributed by atoms with Crippen molar-refractivity contribution in [2.24, 2.45) is 0 Å². The molecule has 4 rings (SSSR count). The van der Waals surface area contributed by atoms with Crippen molar-refractivity contribution in [3.63, 3.8) is 0 Å². The molecule has 0 aliphatic rings. The molecule has 0 atom stereocenters. The van der Waals surface area contributed by atoms with E-state index >= 15 is 0 Å². The Labute approximate surface area is 160 Å². The Morgan fingerprint density at radius 1 is 0.926 bits per heavy atom. The van der Waals surface area contributed by atoms with Crippen molar-refractivity contribution < 1.29 is 8.42 Å². The Balaban J connectivity index is 1.80. The summed E-state index contributed by atoms with van der Waals surface area (Å²) in [6.07, 6.45) is 0.866. The minimum atomic E-state index is -3.91. The molecule has 0 spiro atoms. The number of hydrogen-bond donors (Lipinski definition) is 2. The Morgan fingerprint density at radius 3 is 2.37 bits per heavy atom. The van der Waals surface area contributed by atoms with E-state index in [9.17, 15) is 8.42 Å². The SMILES string of the molecule is CCCNc1nc2ccccc2nc1NS(=O)(=O)c1cccc2nsnc12. The molecule has 0 fully saturated rings. The number of benzene rings is 2. The molecule has 2 heterocycles. The van der Waals surface area contributed by atoms with Crippen molar-refractivity contribution >= 4 is 55.5 Å². The Hall–Kier alpha value is -2.85. The number of hydrogen-bond acceptors (Lipinski definition) is 8. The number of sulfonamides is 1. The summed E-state index contributed by atoms with van der Waals surface area (Å²) < 4.78 is 36.8. The molecular weight excluding hydrogens is 384 g/mol. The van der Waals surface area contributed by atoms with Gasteiger partial charge in [-0.3, -0.25) is 4.72 Å². The first-order chi connectivity index (χ1) is 13.1. The number of nitrogens with zero attached hydrogens (tertiary/aromatic N) is 4. The van der Waals surface area contributed by atoms with Crippen LogP contribution in [0.25, 0.3) is 22.1 Å². The van der Waals surface area contributed by atoms with E-state index in [-0.39, 0.29) is 10.7 Å². The lowest BCUT2D eigenvalue weighted by Gasteiger charge is -2.13. The molecule has 4 aromatic rings. The summed E-state index contributed by atoms with van der Waals surface area (Å²) in [5.74, 6) is 0.546. The fourth-order valence-corrected chi connectivity index (χ4v) is 4.40. The van der Waals surface area contributed by atoms with Gasteiger partial charge in [0.05, 0.1) is 22.8 Å². The van der Waals surface area contributed by atoms with Gasteiger partial charge in [-0.25, -0.2) is 18.4 Å². The third kappa shape index (κ3) is 3.40. The molecule has 0 saturated heterocycles. The molecule has 2 N–H and O–H groups in total. The number of fused-ring (bicyclic) bond motifs is 2. The lowest BCUT2D eigenvalue weighted by molar-refractivity contribution is 0.601. The highest BCUT2D eigenvalue weighted by Gasteiger charge is 2.22. The van der Waals surface area contributed by atoms with Crippen molar-refractivity contribution in [1.82, 2.24) is 18.7 Å². The predicted octanol–water partition coefficient (Wildman–Crippen LogP) is 3.26. The molecular formula is C17H16N6O2S2. The first kappa shape index (κ1) is 17.6. The molecule has 0 amide bonds. The second kappa shape index (κ2) is 7.05. The smallest absolute Gasteiger partial charge is 0.265 e. The molecule has 0 aliphatic carbocycles. The summed E-state index contributed by atoms with van der Waals surface area (Å²) in [7, 11) is -3.91. The van der Waals surface area contributed by atoms with Crippen LogP contribution in [0.2, 0.25) is 0 Å². The largest absolute Gasteiger partial charge is 0.367 e. The standard InChI is InChI=1S/C17H16N6O2S2/c1-2-10-18-16-17(20-12-7-4-3-6-11(12)19-16)23-27(24,25)14-9-5-8-13-15(14)22-26-21-13/h3-9H,2,10H2,1H3,(H,18,19)(H,20,23). The highest BCUT2D eigenvalue weighted by Crippen LogP contribution is 2.27. The van der Waals surface area contributed by atoms with Gasteiger partial charge in [0.1, 0.15) is 15.9 Å². The molecule has 0 saturated carbocycles. The summed E-state index contributed by atoms with van der Waals surface area (Å²) in [5, 5.41) is 3.13. The van der Waals surface area contributed by atoms with Crippen LogP contribution in [0.3, 0.4) is 0 Å². The van der Waals surface area contributed by atoms with Crippen LogP contribution in [0.4, 0.5) is 11.6 Å². The molecule has 2 aromatic carbocycles. The average molecular weight is 400 g/mol. The van der Waals surface area contributed by atoms with Crippen LogP contribution >= 0.6 is 11.7 Å². The first-order valence-electron chi connectivity index (χ1n) is 8.33. The molecule has 0 radical (unpaired) electrons. The van der Waals surface area contributed by atoms with Gasteiger partial charge in [0, 0.05) is 6.54 Å². The molecule has 0 unspecified atom stereocenters. The van der Waals surface area contributed by atoms with E-state index in [0.717, 1.165) is 18.1 Å². The van der Waals surface area contributed by atoms with Gasteiger partial charge in [-0.2, -0.15) is 8.75 Å². The van der Waals surface area contributed by atoms with E-state index in [0.29, 0.717) is 34.4 Å². The first-order valence-corrected chi connectivity index (χ1v) is 10.5. The van der Waals surface area contributed by atoms with E-state index in [1.165, 1.54) is 6.07 Å². The zero-order valence-electron chi connectivity index (χ0n) is 14.4. The summed E-state index contributed by atoms with van der Waals surface area (Å²) in [4.78, 5) is 9.03. The molecule has 0 aliphatic heterocycles. The highest BCUT2D eigenvalue weighted by atomic mass is 32.2. The Kier molecular flexibility index (Phi) is 4.58. The highest BCUT2D eigenvalue weighted by molar-refractivity contribution is 7.93. The summed E-state index contributed by atoms with van der Waals surface area (Å²) in [6.45, 7) is 2.66. The second-order valence-electron chi connectivity index (χ2n) is 5.83.